The molecule has 1 heterocycles. The van der Waals surface area contributed by atoms with Crippen molar-refractivity contribution in [2.24, 2.45) is 0 Å². The van der Waals surface area contributed by atoms with Gasteiger partial charge in [0.1, 0.15) is 11.5 Å². The summed E-state index contributed by atoms with van der Waals surface area (Å²) in [6.07, 6.45) is 1.38. The summed E-state index contributed by atoms with van der Waals surface area (Å²) in [5, 5.41) is 0. The van der Waals surface area contributed by atoms with Crippen LogP contribution in [-0.4, -0.2) is 22.0 Å². The lowest BCUT2D eigenvalue weighted by Gasteiger charge is -2.04. The average molecular weight is 168 g/mol. The average Bonchev–Trinajstić information content (AvgIpc) is 2.34. The predicted molar refractivity (Wildman–Crippen MR) is 43.9 cm³/mol. The van der Waals surface area contributed by atoms with Crippen molar-refractivity contribution in [1.29, 1.82) is 0 Å². The lowest BCUT2D eigenvalue weighted by molar-refractivity contribution is 0.0371. The summed E-state index contributed by atoms with van der Waals surface area (Å²) >= 11 is 0. The maximum absolute atomic E-state index is 11.2. The second-order valence-corrected chi connectivity index (χ2v) is 2.84. The molecule has 66 valence electrons. The first kappa shape index (κ1) is 8.77. The van der Waals surface area contributed by atoms with Gasteiger partial charge in [0.15, 0.2) is 0 Å². The first-order chi connectivity index (χ1) is 5.59. The molecular formula is C8H12N2O2. The van der Waals surface area contributed by atoms with Crippen LogP contribution in [-0.2, 0) is 4.74 Å². The third-order valence-electron chi connectivity index (χ3n) is 1.27. The minimum atomic E-state index is -0.356. The molecule has 1 aromatic heterocycles. The molecule has 4 nitrogen and oxygen atoms in total. The van der Waals surface area contributed by atoms with E-state index in [-0.39, 0.29) is 12.1 Å². The molecule has 0 spiro atoms. The molecule has 0 unspecified atom stereocenters. The van der Waals surface area contributed by atoms with E-state index < -0.39 is 0 Å². The topological polar surface area (TPSA) is 55.0 Å². The lowest BCUT2D eigenvalue weighted by Crippen LogP contribution is -2.11. The van der Waals surface area contributed by atoms with Gasteiger partial charge in [0.2, 0.25) is 0 Å². The molecule has 0 aliphatic carbocycles. The summed E-state index contributed by atoms with van der Waals surface area (Å²) < 4.78 is 4.94. The summed E-state index contributed by atoms with van der Waals surface area (Å²) in [4.78, 5) is 17.9. The molecule has 0 saturated heterocycles. The van der Waals surface area contributed by atoms with E-state index in [4.69, 9.17) is 4.74 Å². The molecule has 0 saturated carbocycles. The van der Waals surface area contributed by atoms with E-state index in [9.17, 15) is 4.79 Å². The van der Waals surface area contributed by atoms with Gasteiger partial charge in [-0.25, -0.2) is 9.78 Å². The number of aromatic amines is 1. The third-order valence-corrected chi connectivity index (χ3v) is 1.27. The van der Waals surface area contributed by atoms with Gasteiger partial charge in [0.25, 0.3) is 0 Å². The normalized spacial score (nSPS) is 10.3. The van der Waals surface area contributed by atoms with Crippen LogP contribution in [0.3, 0.4) is 0 Å². The molecule has 0 aliphatic rings. The fraction of sp³-hybridized carbons (Fsp3) is 0.500. The molecule has 0 bridgehead atoms. The Bertz CT molecular complexity index is 278. The third kappa shape index (κ3) is 2.08. The van der Waals surface area contributed by atoms with Crippen molar-refractivity contribution in [3.05, 3.63) is 17.7 Å². The van der Waals surface area contributed by atoms with E-state index in [0.29, 0.717) is 11.5 Å². The summed E-state index contributed by atoms with van der Waals surface area (Å²) in [7, 11) is 0. The number of H-pyrrole nitrogens is 1. The molecule has 1 N–H and O–H groups in total. The number of nitrogens with zero attached hydrogens (tertiary/aromatic N) is 1. The Morgan fingerprint density at radius 1 is 1.67 bits per heavy atom. The van der Waals surface area contributed by atoms with E-state index in [1.54, 1.807) is 20.8 Å². The van der Waals surface area contributed by atoms with Crippen molar-refractivity contribution in [2.75, 3.05) is 0 Å². The molecule has 0 aromatic carbocycles. The quantitative estimate of drug-likeness (QED) is 0.677. The van der Waals surface area contributed by atoms with Gasteiger partial charge in [-0.1, -0.05) is 0 Å². The van der Waals surface area contributed by atoms with Crippen LogP contribution in [0.25, 0.3) is 0 Å². The zero-order valence-electron chi connectivity index (χ0n) is 7.42. The van der Waals surface area contributed by atoms with E-state index >= 15 is 0 Å². The van der Waals surface area contributed by atoms with Gasteiger partial charge in [-0.05, 0) is 20.8 Å². The standard InChI is InChI=1S/C8H12N2O2/c1-5(2)12-8(11)7-4-9-6(3)10-7/h4-5H,1-3H3,(H,9,10). The smallest absolute Gasteiger partial charge is 0.356 e. The zero-order chi connectivity index (χ0) is 9.14. The van der Waals surface area contributed by atoms with Crippen LogP contribution in [0.4, 0.5) is 0 Å². The van der Waals surface area contributed by atoms with Crippen molar-refractivity contribution in [2.45, 2.75) is 26.9 Å². The summed E-state index contributed by atoms with van der Waals surface area (Å²) in [5.74, 6) is 0.358. The Labute approximate surface area is 71.0 Å². The summed E-state index contributed by atoms with van der Waals surface area (Å²) in [5.41, 5.74) is 0.404. The largest absolute Gasteiger partial charge is 0.458 e. The fourth-order valence-electron chi connectivity index (χ4n) is 0.802. The van der Waals surface area contributed by atoms with Crippen molar-refractivity contribution in [3.8, 4) is 0 Å². The molecule has 0 radical (unpaired) electrons. The number of carbonyl (C=O) groups excluding carboxylic acids is 1. The Balaban J connectivity index is 2.65. The number of ether oxygens (including phenoxy) is 1. The highest BCUT2D eigenvalue weighted by Crippen LogP contribution is 2.00. The van der Waals surface area contributed by atoms with Crippen LogP contribution in [0.5, 0.6) is 0 Å². The van der Waals surface area contributed by atoms with Crippen LogP contribution in [0, 0.1) is 6.92 Å². The van der Waals surface area contributed by atoms with Gasteiger partial charge in [0, 0.05) is 0 Å². The van der Waals surface area contributed by atoms with Gasteiger partial charge in [0.05, 0.1) is 12.3 Å². The first-order valence-electron chi connectivity index (χ1n) is 3.82. The Kier molecular flexibility index (Phi) is 2.47. The van der Waals surface area contributed by atoms with Crippen molar-refractivity contribution < 1.29 is 9.53 Å². The lowest BCUT2D eigenvalue weighted by atomic mass is 10.4. The van der Waals surface area contributed by atoms with Crippen molar-refractivity contribution >= 4 is 5.97 Å². The van der Waals surface area contributed by atoms with Crippen molar-refractivity contribution in [1.82, 2.24) is 9.97 Å². The van der Waals surface area contributed by atoms with E-state index in [2.05, 4.69) is 9.97 Å². The minimum absolute atomic E-state index is 0.0962. The zero-order valence-corrected chi connectivity index (χ0v) is 7.42. The van der Waals surface area contributed by atoms with E-state index in [1.165, 1.54) is 6.20 Å². The number of imidazole rings is 1. The highest BCUT2D eigenvalue weighted by Gasteiger charge is 2.10. The molecule has 12 heavy (non-hydrogen) atoms. The molecule has 0 amide bonds. The molecule has 1 rings (SSSR count). The summed E-state index contributed by atoms with van der Waals surface area (Å²) in [6.45, 7) is 5.40. The van der Waals surface area contributed by atoms with Gasteiger partial charge in [-0.3, -0.25) is 0 Å². The van der Waals surface area contributed by atoms with Gasteiger partial charge in [-0.15, -0.1) is 0 Å². The van der Waals surface area contributed by atoms with Gasteiger partial charge >= 0.3 is 5.97 Å². The SMILES string of the molecule is Cc1ncc(C(=O)OC(C)C)[nH]1. The van der Waals surface area contributed by atoms with Crippen LogP contribution in [0.15, 0.2) is 6.20 Å². The number of aryl methyl sites for hydroxylation is 1. The number of esters is 1. The number of aromatic nitrogens is 2. The second kappa shape index (κ2) is 3.38. The maximum atomic E-state index is 11.2. The first-order valence-corrected chi connectivity index (χ1v) is 3.82. The Morgan fingerprint density at radius 2 is 2.33 bits per heavy atom. The molecule has 0 fully saturated rings. The predicted octanol–water partition coefficient (Wildman–Crippen LogP) is 1.28. The van der Waals surface area contributed by atoms with Gasteiger partial charge < -0.3 is 9.72 Å². The van der Waals surface area contributed by atoms with Crippen LogP contribution in [0.2, 0.25) is 0 Å². The van der Waals surface area contributed by atoms with Crippen LogP contribution < -0.4 is 0 Å². The monoisotopic (exact) mass is 168 g/mol. The molecule has 0 atom stereocenters. The Hall–Kier alpha value is -1.32. The maximum Gasteiger partial charge on any atom is 0.356 e. The van der Waals surface area contributed by atoms with E-state index in [1.807, 2.05) is 0 Å². The molecule has 1 aromatic rings. The fourth-order valence-corrected chi connectivity index (χ4v) is 0.802. The highest BCUT2D eigenvalue weighted by molar-refractivity contribution is 5.87. The highest BCUT2D eigenvalue weighted by atomic mass is 16.5. The molecule has 4 heteroatoms. The number of hydrogen-bond acceptors (Lipinski definition) is 3. The molecule has 0 aliphatic heterocycles. The van der Waals surface area contributed by atoms with Crippen molar-refractivity contribution in [3.63, 3.8) is 0 Å². The number of nitrogens with one attached hydrogen (secondary N) is 1. The Morgan fingerprint density at radius 3 is 2.75 bits per heavy atom. The summed E-state index contributed by atoms with van der Waals surface area (Å²) in [6, 6.07) is 0. The van der Waals surface area contributed by atoms with Crippen LogP contribution >= 0.6 is 0 Å². The molecular weight excluding hydrogens is 156 g/mol. The number of rotatable bonds is 2. The van der Waals surface area contributed by atoms with Gasteiger partial charge in [-0.2, -0.15) is 0 Å². The second-order valence-electron chi connectivity index (χ2n) is 2.84. The number of hydrogen-bond donors (Lipinski definition) is 1. The number of carbonyl (C=O) groups is 1. The van der Waals surface area contributed by atoms with Crippen LogP contribution in [0.1, 0.15) is 30.2 Å². The minimum Gasteiger partial charge on any atom is -0.458 e. The van der Waals surface area contributed by atoms with E-state index in [0.717, 1.165) is 0 Å².